The van der Waals surface area contributed by atoms with E-state index >= 15 is 0 Å². The topological polar surface area (TPSA) is 37.8 Å². The van der Waals surface area contributed by atoms with E-state index in [2.05, 4.69) is 28.5 Å². The van der Waals surface area contributed by atoms with Crippen LogP contribution in [-0.2, 0) is 6.54 Å². The first kappa shape index (κ1) is 13.5. The Bertz CT molecular complexity index is 512. The number of nitrogens with one attached hydrogen (secondary N) is 1. The molecule has 0 saturated heterocycles. The Labute approximate surface area is 116 Å². The molecule has 0 saturated carbocycles. The molecule has 0 aliphatic heterocycles. The fourth-order valence-electron chi connectivity index (χ4n) is 1.84. The Morgan fingerprint density at radius 3 is 2.83 bits per heavy atom. The lowest BCUT2D eigenvalue weighted by Gasteiger charge is -2.16. The summed E-state index contributed by atoms with van der Waals surface area (Å²) in [6.07, 6.45) is 1.01. The minimum Gasteiger partial charge on any atom is -0.304 e. The molecule has 1 atom stereocenters. The van der Waals surface area contributed by atoms with Gasteiger partial charge in [-0.05, 0) is 31.0 Å². The predicted molar refractivity (Wildman–Crippen MR) is 76.0 cm³/mol. The van der Waals surface area contributed by atoms with Crippen molar-refractivity contribution >= 4 is 22.9 Å². The molecule has 96 valence electrons. The summed E-state index contributed by atoms with van der Waals surface area (Å²) in [6, 6.07) is 8.28. The lowest BCUT2D eigenvalue weighted by molar-refractivity contribution is 0.516. The quantitative estimate of drug-likeness (QED) is 0.907. The molecule has 5 heteroatoms. The van der Waals surface area contributed by atoms with Gasteiger partial charge in [0.05, 0.1) is 6.54 Å². The Balaban J connectivity index is 2.01. The van der Waals surface area contributed by atoms with E-state index in [4.69, 9.17) is 11.6 Å². The first-order chi connectivity index (χ1) is 8.69. The Hall–Kier alpha value is -0.970. The molecule has 0 unspecified atom stereocenters. The molecule has 0 spiro atoms. The zero-order chi connectivity index (χ0) is 13.0. The molecular formula is C13H16ClN3S. The average molecular weight is 282 g/mol. The van der Waals surface area contributed by atoms with Crippen molar-refractivity contribution in [2.24, 2.45) is 0 Å². The van der Waals surface area contributed by atoms with Gasteiger partial charge in [0.1, 0.15) is 10.0 Å². The highest BCUT2D eigenvalue weighted by molar-refractivity contribution is 7.11. The summed E-state index contributed by atoms with van der Waals surface area (Å²) in [4.78, 5) is 0. The molecule has 1 heterocycles. The van der Waals surface area contributed by atoms with Gasteiger partial charge in [0, 0.05) is 11.1 Å². The number of benzene rings is 1. The van der Waals surface area contributed by atoms with Crippen molar-refractivity contribution in [3.05, 3.63) is 44.9 Å². The number of hydrogen-bond acceptors (Lipinski definition) is 4. The number of halogens is 1. The second kappa shape index (κ2) is 6.27. The van der Waals surface area contributed by atoms with Gasteiger partial charge in [0.25, 0.3) is 0 Å². The highest BCUT2D eigenvalue weighted by Gasteiger charge is 2.10. The second-order valence-electron chi connectivity index (χ2n) is 4.11. The maximum absolute atomic E-state index is 6.02. The van der Waals surface area contributed by atoms with Crippen molar-refractivity contribution in [2.45, 2.75) is 32.9 Å². The van der Waals surface area contributed by atoms with Gasteiger partial charge in [0.2, 0.25) is 0 Å². The SMILES string of the molecule is CC[C@H](NCc1nnc(C)s1)c1cccc(Cl)c1. The van der Waals surface area contributed by atoms with Gasteiger partial charge in [-0.2, -0.15) is 0 Å². The zero-order valence-corrected chi connectivity index (χ0v) is 12.1. The van der Waals surface area contributed by atoms with Crippen LogP contribution >= 0.6 is 22.9 Å². The number of rotatable bonds is 5. The molecule has 0 aliphatic carbocycles. The van der Waals surface area contributed by atoms with Crippen LogP contribution in [0.1, 0.15) is 35.0 Å². The number of hydrogen-bond donors (Lipinski definition) is 1. The average Bonchev–Trinajstić information content (AvgIpc) is 2.76. The molecule has 0 radical (unpaired) electrons. The van der Waals surface area contributed by atoms with Crippen LogP contribution in [-0.4, -0.2) is 10.2 Å². The van der Waals surface area contributed by atoms with Crippen molar-refractivity contribution in [1.29, 1.82) is 0 Å². The fraction of sp³-hybridized carbons (Fsp3) is 0.385. The largest absolute Gasteiger partial charge is 0.304 e. The maximum atomic E-state index is 6.02. The van der Waals surface area contributed by atoms with E-state index in [0.29, 0.717) is 6.04 Å². The Morgan fingerprint density at radius 2 is 2.22 bits per heavy atom. The van der Waals surface area contributed by atoms with Crippen molar-refractivity contribution in [1.82, 2.24) is 15.5 Å². The molecule has 0 bridgehead atoms. The molecule has 1 N–H and O–H groups in total. The Kier molecular flexibility index (Phi) is 4.69. The van der Waals surface area contributed by atoms with E-state index in [1.807, 2.05) is 25.1 Å². The standard InChI is InChI=1S/C13H16ClN3S/c1-3-12(10-5-4-6-11(14)7-10)15-8-13-17-16-9(2)18-13/h4-7,12,15H,3,8H2,1-2H3/t12-/m0/s1. The molecule has 1 aromatic heterocycles. The van der Waals surface area contributed by atoms with Gasteiger partial charge in [-0.3, -0.25) is 0 Å². The molecule has 3 nitrogen and oxygen atoms in total. The molecule has 0 fully saturated rings. The third-order valence-corrected chi connectivity index (χ3v) is 3.80. The lowest BCUT2D eigenvalue weighted by atomic mass is 10.0. The third-order valence-electron chi connectivity index (χ3n) is 2.73. The summed E-state index contributed by atoms with van der Waals surface area (Å²) in [5.41, 5.74) is 1.21. The van der Waals surface area contributed by atoms with Gasteiger partial charge in [0.15, 0.2) is 0 Å². The number of nitrogens with zero attached hydrogens (tertiary/aromatic N) is 2. The first-order valence-electron chi connectivity index (χ1n) is 5.97. The van der Waals surface area contributed by atoms with E-state index in [1.54, 1.807) is 11.3 Å². The first-order valence-corrected chi connectivity index (χ1v) is 7.16. The van der Waals surface area contributed by atoms with E-state index < -0.39 is 0 Å². The molecule has 1 aromatic carbocycles. The van der Waals surface area contributed by atoms with Crippen LogP contribution in [0.4, 0.5) is 0 Å². The van der Waals surface area contributed by atoms with Crippen LogP contribution in [0.15, 0.2) is 24.3 Å². The van der Waals surface area contributed by atoms with E-state index in [1.165, 1.54) is 5.56 Å². The molecule has 2 rings (SSSR count). The van der Waals surface area contributed by atoms with E-state index in [9.17, 15) is 0 Å². The molecule has 2 aromatic rings. The smallest absolute Gasteiger partial charge is 0.131 e. The highest BCUT2D eigenvalue weighted by Crippen LogP contribution is 2.21. The van der Waals surface area contributed by atoms with Crippen molar-refractivity contribution in [3.63, 3.8) is 0 Å². The van der Waals surface area contributed by atoms with Gasteiger partial charge in [-0.15, -0.1) is 21.5 Å². The van der Waals surface area contributed by atoms with Gasteiger partial charge in [-0.1, -0.05) is 30.7 Å². The van der Waals surface area contributed by atoms with Gasteiger partial charge < -0.3 is 5.32 Å². The monoisotopic (exact) mass is 281 g/mol. The summed E-state index contributed by atoms with van der Waals surface area (Å²) in [7, 11) is 0. The van der Waals surface area contributed by atoms with Crippen molar-refractivity contribution in [3.8, 4) is 0 Å². The zero-order valence-electron chi connectivity index (χ0n) is 10.5. The predicted octanol–water partition coefficient (Wildman–Crippen LogP) is 3.74. The van der Waals surface area contributed by atoms with Crippen LogP contribution in [0, 0.1) is 6.92 Å². The number of aryl methyl sites for hydroxylation is 1. The third kappa shape index (κ3) is 3.51. The fourth-order valence-corrected chi connectivity index (χ4v) is 2.70. The molecule has 18 heavy (non-hydrogen) atoms. The minimum absolute atomic E-state index is 0.299. The maximum Gasteiger partial charge on any atom is 0.131 e. The van der Waals surface area contributed by atoms with Crippen LogP contribution < -0.4 is 5.32 Å². The van der Waals surface area contributed by atoms with Gasteiger partial charge >= 0.3 is 0 Å². The van der Waals surface area contributed by atoms with Crippen molar-refractivity contribution in [2.75, 3.05) is 0 Å². The van der Waals surface area contributed by atoms with Crippen LogP contribution in [0.2, 0.25) is 5.02 Å². The molecule has 0 aliphatic rings. The normalized spacial score (nSPS) is 12.6. The van der Waals surface area contributed by atoms with Crippen LogP contribution in [0.5, 0.6) is 0 Å². The lowest BCUT2D eigenvalue weighted by Crippen LogP contribution is -2.20. The molecular weight excluding hydrogens is 266 g/mol. The van der Waals surface area contributed by atoms with Crippen molar-refractivity contribution < 1.29 is 0 Å². The molecule has 0 amide bonds. The van der Waals surface area contributed by atoms with E-state index in [0.717, 1.165) is 28.0 Å². The summed E-state index contributed by atoms with van der Waals surface area (Å²) >= 11 is 7.65. The summed E-state index contributed by atoms with van der Waals surface area (Å²) in [5.74, 6) is 0. The highest BCUT2D eigenvalue weighted by atomic mass is 35.5. The summed E-state index contributed by atoms with van der Waals surface area (Å²) in [5, 5.41) is 14.4. The summed E-state index contributed by atoms with van der Waals surface area (Å²) in [6.45, 7) is 4.87. The minimum atomic E-state index is 0.299. The number of aromatic nitrogens is 2. The second-order valence-corrected chi connectivity index (χ2v) is 5.81. The van der Waals surface area contributed by atoms with E-state index in [-0.39, 0.29) is 0 Å². The summed E-state index contributed by atoms with van der Waals surface area (Å²) < 4.78 is 0. The Morgan fingerprint density at radius 1 is 1.39 bits per heavy atom. The van der Waals surface area contributed by atoms with Crippen LogP contribution in [0.3, 0.4) is 0 Å². The van der Waals surface area contributed by atoms with Gasteiger partial charge in [-0.25, -0.2) is 0 Å². The van der Waals surface area contributed by atoms with Crippen LogP contribution in [0.25, 0.3) is 0 Å².